The van der Waals surface area contributed by atoms with Gasteiger partial charge in [-0.2, -0.15) is 0 Å². The van der Waals surface area contributed by atoms with Gasteiger partial charge in [-0.25, -0.2) is 4.98 Å². The summed E-state index contributed by atoms with van der Waals surface area (Å²) in [5.74, 6) is -0.551. The van der Waals surface area contributed by atoms with Crippen LogP contribution in [0.3, 0.4) is 0 Å². The van der Waals surface area contributed by atoms with Crippen molar-refractivity contribution >= 4 is 58.0 Å². The summed E-state index contributed by atoms with van der Waals surface area (Å²) in [7, 11) is 1.51. The van der Waals surface area contributed by atoms with Crippen LogP contribution in [0, 0.1) is 10.1 Å². The molecule has 0 saturated carbocycles. The highest BCUT2D eigenvalue weighted by atomic mass is 35.5. The predicted molar refractivity (Wildman–Crippen MR) is 97.9 cm³/mol. The molecule has 6 nitrogen and oxygen atoms in total. The second kappa shape index (κ2) is 7.74. The first-order valence-corrected chi connectivity index (χ1v) is 8.37. The van der Waals surface area contributed by atoms with E-state index in [0.717, 1.165) is 0 Å². The number of hydrogen-bond donors (Lipinski definition) is 0. The van der Waals surface area contributed by atoms with E-state index in [9.17, 15) is 14.9 Å². The molecule has 0 bridgehead atoms. The molecule has 0 spiro atoms. The number of amides is 1. The maximum Gasteiger partial charge on any atom is 0.274 e. The lowest BCUT2D eigenvalue weighted by atomic mass is 10.1. The van der Waals surface area contributed by atoms with Crippen molar-refractivity contribution in [3.8, 4) is 0 Å². The molecule has 1 aromatic carbocycles. The fourth-order valence-electron chi connectivity index (χ4n) is 2.09. The number of pyridine rings is 1. The molecule has 0 fully saturated rings. The molecule has 0 N–H and O–H groups in total. The number of nitro groups is 1. The Kier molecular flexibility index (Phi) is 6.11. The maximum absolute atomic E-state index is 12.7. The lowest BCUT2D eigenvalue weighted by Crippen LogP contribution is -2.30. The van der Waals surface area contributed by atoms with Gasteiger partial charge in [-0.15, -0.1) is 0 Å². The minimum absolute atomic E-state index is 0.0423. The summed E-state index contributed by atoms with van der Waals surface area (Å²) in [6.45, 7) is 1.71. The Morgan fingerprint density at radius 2 is 1.84 bits per heavy atom. The van der Waals surface area contributed by atoms with E-state index in [1.54, 1.807) is 19.1 Å². The van der Waals surface area contributed by atoms with Gasteiger partial charge in [-0.05, 0) is 12.5 Å². The quantitative estimate of drug-likeness (QED) is 0.373. The van der Waals surface area contributed by atoms with E-state index in [0.29, 0.717) is 5.56 Å². The van der Waals surface area contributed by atoms with Crippen LogP contribution in [-0.4, -0.2) is 27.8 Å². The smallest absolute Gasteiger partial charge is 0.274 e. The van der Waals surface area contributed by atoms with E-state index >= 15 is 0 Å². The average molecular weight is 423 g/mol. The third kappa shape index (κ3) is 3.98. The molecule has 1 heterocycles. The third-order valence-electron chi connectivity index (χ3n) is 3.65. The number of benzene rings is 1. The van der Waals surface area contributed by atoms with Crippen LogP contribution in [0.1, 0.15) is 29.0 Å². The van der Waals surface area contributed by atoms with Gasteiger partial charge in [0, 0.05) is 19.2 Å². The standard InChI is InChI=1S/C15H11Cl4N3O3/c1-7(8-4-3-5-9(6-8)22(24)25)21(2)15(23)13-11(17)10(16)12(18)14(19)20-13/h3-7H,1-2H3. The fourth-order valence-corrected chi connectivity index (χ4v) is 2.90. The van der Waals surface area contributed by atoms with E-state index in [4.69, 9.17) is 46.4 Å². The van der Waals surface area contributed by atoms with E-state index in [1.807, 2.05) is 0 Å². The van der Waals surface area contributed by atoms with Crippen LogP contribution in [0.4, 0.5) is 5.69 Å². The molecule has 2 rings (SSSR count). The van der Waals surface area contributed by atoms with Gasteiger partial charge in [0.1, 0.15) is 10.8 Å². The molecule has 10 heteroatoms. The maximum atomic E-state index is 12.7. The third-order valence-corrected chi connectivity index (χ3v) is 5.33. The summed E-state index contributed by atoms with van der Waals surface area (Å²) >= 11 is 23.7. The Hall–Kier alpha value is -1.60. The lowest BCUT2D eigenvalue weighted by molar-refractivity contribution is -0.384. The second-order valence-corrected chi connectivity index (χ2v) is 6.63. The van der Waals surface area contributed by atoms with Crippen LogP contribution >= 0.6 is 46.4 Å². The molecule has 2 aromatic rings. The van der Waals surface area contributed by atoms with E-state index < -0.39 is 16.9 Å². The zero-order valence-corrected chi connectivity index (χ0v) is 16.0. The van der Waals surface area contributed by atoms with Crippen LogP contribution in [0.15, 0.2) is 24.3 Å². The molecular weight excluding hydrogens is 412 g/mol. The summed E-state index contributed by atoms with van der Waals surface area (Å²) in [6, 6.07) is 5.50. The summed E-state index contributed by atoms with van der Waals surface area (Å²) in [4.78, 5) is 28.3. The first kappa shape index (κ1) is 19.7. The van der Waals surface area contributed by atoms with Crippen molar-refractivity contribution in [3.05, 3.63) is 65.9 Å². The molecule has 132 valence electrons. The fraction of sp³-hybridized carbons (Fsp3) is 0.200. The van der Waals surface area contributed by atoms with Crippen molar-refractivity contribution in [1.29, 1.82) is 0 Å². The first-order valence-electron chi connectivity index (χ1n) is 6.86. The number of rotatable bonds is 4. The molecule has 0 aliphatic rings. The molecule has 1 aromatic heterocycles. The molecule has 1 amide bonds. The van der Waals surface area contributed by atoms with Crippen molar-refractivity contribution in [3.63, 3.8) is 0 Å². The number of carbonyl (C=O) groups excluding carboxylic acids is 1. The molecule has 0 aliphatic carbocycles. The zero-order valence-electron chi connectivity index (χ0n) is 13.0. The SMILES string of the molecule is CC(c1cccc([N+](=O)[O-])c1)N(C)C(=O)c1nc(Cl)c(Cl)c(Cl)c1Cl. The number of non-ortho nitro benzene ring substituents is 1. The summed E-state index contributed by atoms with van der Waals surface area (Å²) < 4.78 is 0. The normalized spacial score (nSPS) is 11.9. The largest absolute Gasteiger partial charge is 0.334 e. The van der Waals surface area contributed by atoms with Gasteiger partial charge < -0.3 is 4.90 Å². The number of carbonyl (C=O) groups is 1. The van der Waals surface area contributed by atoms with E-state index in [2.05, 4.69) is 4.98 Å². The molecule has 0 saturated heterocycles. The topological polar surface area (TPSA) is 76.3 Å². The van der Waals surface area contributed by atoms with E-state index in [-0.39, 0.29) is 31.6 Å². The summed E-state index contributed by atoms with van der Waals surface area (Å²) in [6.07, 6.45) is 0. The molecule has 0 radical (unpaired) electrons. The highest BCUT2D eigenvalue weighted by Crippen LogP contribution is 2.37. The van der Waals surface area contributed by atoms with Crippen LogP contribution in [0.2, 0.25) is 20.2 Å². The van der Waals surface area contributed by atoms with Crippen LogP contribution < -0.4 is 0 Å². The van der Waals surface area contributed by atoms with Gasteiger partial charge in [-0.1, -0.05) is 58.5 Å². The van der Waals surface area contributed by atoms with Crippen LogP contribution in [-0.2, 0) is 0 Å². The highest BCUT2D eigenvalue weighted by molar-refractivity contribution is 6.52. The lowest BCUT2D eigenvalue weighted by Gasteiger charge is -2.25. The number of nitro benzene ring substituents is 1. The van der Waals surface area contributed by atoms with Crippen molar-refractivity contribution in [2.24, 2.45) is 0 Å². The number of halogens is 4. The van der Waals surface area contributed by atoms with Gasteiger partial charge in [0.2, 0.25) is 0 Å². The van der Waals surface area contributed by atoms with Gasteiger partial charge in [0.25, 0.3) is 11.6 Å². The second-order valence-electron chi connectivity index (χ2n) is 5.14. The zero-order chi connectivity index (χ0) is 18.9. The predicted octanol–water partition coefficient (Wildman–Crippen LogP) is 5.44. The van der Waals surface area contributed by atoms with Crippen molar-refractivity contribution in [1.82, 2.24) is 9.88 Å². The minimum atomic E-state index is -0.551. The van der Waals surface area contributed by atoms with Gasteiger partial charge >= 0.3 is 0 Å². The molecule has 0 aliphatic heterocycles. The Bertz CT molecular complexity index is 860. The monoisotopic (exact) mass is 421 g/mol. The molecule has 1 atom stereocenters. The number of nitrogens with zero attached hydrogens (tertiary/aromatic N) is 3. The van der Waals surface area contributed by atoms with Crippen LogP contribution in [0.5, 0.6) is 0 Å². The molecule has 25 heavy (non-hydrogen) atoms. The minimum Gasteiger partial charge on any atom is -0.334 e. The first-order chi connectivity index (χ1) is 11.6. The Labute approximate surface area is 163 Å². The van der Waals surface area contributed by atoms with Gasteiger partial charge in [-0.3, -0.25) is 14.9 Å². The average Bonchev–Trinajstić information content (AvgIpc) is 2.61. The van der Waals surface area contributed by atoms with Gasteiger partial charge in [0.05, 0.1) is 26.0 Å². The van der Waals surface area contributed by atoms with E-state index in [1.165, 1.54) is 24.1 Å². The Morgan fingerprint density at radius 3 is 2.44 bits per heavy atom. The van der Waals surface area contributed by atoms with Crippen molar-refractivity contribution in [2.75, 3.05) is 7.05 Å². The number of aromatic nitrogens is 1. The van der Waals surface area contributed by atoms with Gasteiger partial charge in [0.15, 0.2) is 0 Å². The molecular formula is C15H11Cl4N3O3. The van der Waals surface area contributed by atoms with Crippen LogP contribution in [0.25, 0.3) is 0 Å². The van der Waals surface area contributed by atoms with Crippen molar-refractivity contribution < 1.29 is 9.72 Å². The Morgan fingerprint density at radius 1 is 1.20 bits per heavy atom. The Balaban J connectivity index is 2.37. The highest BCUT2D eigenvalue weighted by Gasteiger charge is 2.26. The molecule has 1 unspecified atom stereocenters. The summed E-state index contributed by atoms with van der Waals surface area (Å²) in [5.41, 5.74) is 0.354. The van der Waals surface area contributed by atoms with Crippen molar-refractivity contribution in [2.45, 2.75) is 13.0 Å². The summed E-state index contributed by atoms with van der Waals surface area (Å²) in [5, 5.41) is 10.5. The number of hydrogen-bond acceptors (Lipinski definition) is 4.